The van der Waals surface area contributed by atoms with Gasteiger partial charge >= 0.3 is 0 Å². The molecule has 4 heteroatoms. The van der Waals surface area contributed by atoms with Crippen LogP contribution >= 0.6 is 0 Å². The largest absolute Gasteiger partial charge is 0.379 e. The van der Waals surface area contributed by atoms with Crippen molar-refractivity contribution < 1.29 is 14.2 Å². The average molecular weight is 175 g/mol. The summed E-state index contributed by atoms with van der Waals surface area (Å²) in [5, 5.41) is 0. The highest BCUT2D eigenvalue weighted by Gasteiger charge is 2.15. The van der Waals surface area contributed by atoms with Crippen LogP contribution < -0.4 is 0 Å². The highest BCUT2D eigenvalue weighted by atomic mass is 16.7. The quantitative estimate of drug-likeness (QED) is 0.560. The third-order valence-electron chi connectivity index (χ3n) is 2.04. The normalized spacial score (nSPS) is 20.2. The van der Waals surface area contributed by atoms with E-state index < -0.39 is 0 Å². The second-order valence-corrected chi connectivity index (χ2v) is 2.81. The van der Waals surface area contributed by atoms with Crippen molar-refractivity contribution in [1.82, 2.24) is 4.90 Å². The summed E-state index contributed by atoms with van der Waals surface area (Å²) in [6, 6.07) is 0. The number of rotatable bonds is 4. The van der Waals surface area contributed by atoms with Gasteiger partial charge in [-0.05, 0) is 0 Å². The van der Waals surface area contributed by atoms with E-state index >= 15 is 0 Å². The molecule has 0 N–H and O–H groups in total. The zero-order valence-electron chi connectivity index (χ0n) is 7.78. The zero-order chi connectivity index (χ0) is 8.81. The summed E-state index contributed by atoms with van der Waals surface area (Å²) in [4.78, 5) is 2.28. The van der Waals surface area contributed by atoms with Gasteiger partial charge in [-0.3, -0.25) is 4.90 Å². The number of ether oxygens (including phenoxy) is 3. The highest BCUT2D eigenvalue weighted by molar-refractivity contribution is 4.62. The van der Waals surface area contributed by atoms with Gasteiger partial charge in [0.05, 0.1) is 13.2 Å². The second kappa shape index (κ2) is 5.48. The molecule has 1 fully saturated rings. The molecule has 0 amide bonds. The monoisotopic (exact) mass is 175 g/mol. The number of methoxy groups -OCH3 is 2. The number of hydrogen-bond acceptors (Lipinski definition) is 4. The van der Waals surface area contributed by atoms with E-state index in [2.05, 4.69) is 4.90 Å². The number of hydrogen-bond donors (Lipinski definition) is 0. The molecule has 72 valence electrons. The number of morpholine rings is 1. The van der Waals surface area contributed by atoms with Crippen LogP contribution in [0.4, 0.5) is 0 Å². The summed E-state index contributed by atoms with van der Waals surface area (Å²) in [5.74, 6) is 0. The summed E-state index contributed by atoms with van der Waals surface area (Å²) in [6.45, 7) is 4.42. The lowest BCUT2D eigenvalue weighted by molar-refractivity contribution is -0.123. The molecule has 0 spiro atoms. The summed E-state index contributed by atoms with van der Waals surface area (Å²) in [6.07, 6.45) is -0.108. The molecule has 0 aromatic carbocycles. The van der Waals surface area contributed by atoms with Gasteiger partial charge in [-0.1, -0.05) is 0 Å². The van der Waals surface area contributed by atoms with Crippen LogP contribution in [0, 0.1) is 0 Å². The van der Waals surface area contributed by atoms with Gasteiger partial charge in [0.25, 0.3) is 0 Å². The SMILES string of the molecule is COC(CN1CCOCC1)OC. The average Bonchev–Trinajstić information content (AvgIpc) is 2.16. The van der Waals surface area contributed by atoms with Gasteiger partial charge < -0.3 is 14.2 Å². The van der Waals surface area contributed by atoms with E-state index in [0.717, 1.165) is 32.8 Å². The van der Waals surface area contributed by atoms with E-state index in [1.54, 1.807) is 14.2 Å². The molecule has 0 bridgehead atoms. The minimum Gasteiger partial charge on any atom is -0.379 e. The number of nitrogens with zero attached hydrogens (tertiary/aromatic N) is 1. The molecule has 0 saturated carbocycles. The van der Waals surface area contributed by atoms with Crippen LogP contribution in [0.25, 0.3) is 0 Å². The van der Waals surface area contributed by atoms with Crippen molar-refractivity contribution in [3.8, 4) is 0 Å². The van der Waals surface area contributed by atoms with Crippen LogP contribution in [0.2, 0.25) is 0 Å². The Morgan fingerprint density at radius 3 is 2.33 bits per heavy atom. The maximum Gasteiger partial charge on any atom is 0.169 e. The first kappa shape index (κ1) is 9.92. The fourth-order valence-corrected chi connectivity index (χ4v) is 1.24. The van der Waals surface area contributed by atoms with Gasteiger partial charge in [-0.25, -0.2) is 0 Å². The molecule has 0 radical (unpaired) electrons. The second-order valence-electron chi connectivity index (χ2n) is 2.81. The fourth-order valence-electron chi connectivity index (χ4n) is 1.24. The molecule has 0 atom stereocenters. The molecular weight excluding hydrogens is 158 g/mol. The molecule has 0 aliphatic carbocycles. The lowest BCUT2D eigenvalue weighted by atomic mass is 10.4. The van der Waals surface area contributed by atoms with Gasteiger partial charge in [0.2, 0.25) is 0 Å². The maximum atomic E-state index is 5.23. The Kier molecular flexibility index (Phi) is 4.53. The van der Waals surface area contributed by atoms with Crippen molar-refractivity contribution in [1.29, 1.82) is 0 Å². The Morgan fingerprint density at radius 2 is 1.83 bits per heavy atom. The van der Waals surface area contributed by atoms with Crippen molar-refractivity contribution in [2.75, 3.05) is 47.1 Å². The molecule has 12 heavy (non-hydrogen) atoms. The Balaban J connectivity index is 2.18. The first-order chi connectivity index (χ1) is 5.86. The summed E-state index contributed by atoms with van der Waals surface area (Å²) in [7, 11) is 3.32. The molecule has 1 aliphatic rings. The smallest absolute Gasteiger partial charge is 0.169 e. The Morgan fingerprint density at radius 1 is 1.25 bits per heavy atom. The summed E-state index contributed by atoms with van der Waals surface area (Å²) >= 11 is 0. The molecule has 1 heterocycles. The van der Waals surface area contributed by atoms with Crippen LogP contribution in [-0.2, 0) is 14.2 Å². The van der Waals surface area contributed by atoms with Gasteiger partial charge in [0.15, 0.2) is 6.29 Å². The minimum atomic E-state index is -0.108. The van der Waals surface area contributed by atoms with E-state index in [0.29, 0.717) is 0 Å². The molecule has 4 nitrogen and oxygen atoms in total. The van der Waals surface area contributed by atoms with E-state index in [1.165, 1.54) is 0 Å². The summed E-state index contributed by atoms with van der Waals surface area (Å²) in [5.41, 5.74) is 0. The van der Waals surface area contributed by atoms with Crippen LogP contribution in [0.3, 0.4) is 0 Å². The van der Waals surface area contributed by atoms with Crippen molar-refractivity contribution >= 4 is 0 Å². The van der Waals surface area contributed by atoms with Crippen molar-refractivity contribution in [3.63, 3.8) is 0 Å². The van der Waals surface area contributed by atoms with Crippen molar-refractivity contribution in [3.05, 3.63) is 0 Å². The predicted molar refractivity (Wildman–Crippen MR) is 45.1 cm³/mol. The predicted octanol–water partition coefficient (Wildman–Crippen LogP) is -0.0625. The van der Waals surface area contributed by atoms with Gasteiger partial charge in [-0.15, -0.1) is 0 Å². The van der Waals surface area contributed by atoms with Gasteiger partial charge in [0.1, 0.15) is 0 Å². The van der Waals surface area contributed by atoms with Crippen LogP contribution in [0.15, 0.2) is 0 Å². The Labute approximate surface area is 73.4 Å². The topological polar surface area (TPSA) is 30.9 Å². The van der Waals surface area contributed by atoms with E-state index in [4.69, 9.17) is 14.2 Å². The van der Waals surface area contributed by atoms with Crippen molar-refractivity contribution in [2.24, 2.45) is 0 Å². The first-order valence-electron chi connectivity index (χ1n) is 4.22. The van der Waals surface area contributed by atoms with Gasteiger partial charge in [0, 0.05) is 33.9 Å². The van der Waals surface area contributed by atoms with Gasteiger partial charge in [-0.2, -0.15) is 0 Å². The third-order valence-corrected chi connectivity index (χ3v) is 2.04. The standard InChI is InChI=1S/C8H17NO3/c1-10-8(11-2)7-9-3-5-12-6-4-9/h8H,3-7H2,1-2H3. The minimum absolute atomic E-state index is 0.108. The molecule has 1 aliphatic heterocycles. The van der Waals surface area contributed by atoms with Crippen LogP contribution in [0.1, 0.15) is 0 Å². The lowest BCUT2D eigenvalue weighted by Gasteiger charge is -2.29. The third kappa shape index (κ3) is 3.06. The first-order valence-corrected chi connectivity index (χ1v) is 4.22. The molecule has 0 unspecified atom stereocenters. The Bertz CT molecular complexity index is 111. The maximum absolute atomic E-state index is 5.23. The van der Waals surface area contributed by atoms with Crippen LogP contribution in [0.5, 0.6) is 0 Å². The van der Waals surface area contributed by atoms with E-state index in [9.17, 15) is 0 Å². The summed E-state index contributed by atoms with van der Waals surface area (Å²) < 4.78 is 15.4. The van der Waals surface area contributed by atoms with Crippen LogP contribution in [-0.4, -0.2) is 58.3 Å². The Hall–Kier alpha value is -0.160. The molecular formula is C8H17NO3. The van der Waals surface area contributed by atoms with E-state index in [-0.39, 0.29) is 6.29 Å². The zero-order valence-corrected chi connectivity index (χ0v) is 7.78. The molecule has 1 rings (SSSR count). The molecule has 0 aromatic rings. The van der Waals surface area contributed by atoms with E-state index in [1.807, 2.05) is 0 Å². The molecule has 0 aromatic heterocycles. The van der Waals surface area contributed by atoms with Crippen molar-refractivity contribution in [2.45, 2.75) is 6.29 Å². The molecule has 1 saturated heterocycles. The highest BCUT2D eigenvalue weighted by Crippen LogP contribution is 2.00. The lowest BCUT2D eigenvalue weighted by Crippen LogP contribution is -2.41. The fraction of sp³-hybridized carbons (Fsp3) is 1.00.